The zero-order valence-electron chi connectivity index (χ0n) is 15.3. The zero-order chi connectivity index (χ0) is 22.2. The van der Waals surface area contributed by atoms with Crippen LogP contribution in [0.1, 0.15) is 44.9 Å². The van der Waals surface area contributed by atoms with Gasteiger partial charge in [-0.05, 0) is 24.6 Å². The summed E-state index contributed by atoms with van der Waals surface area (Å²) in [6.45, 7) is 0.0227. The maximum absolute atomic E-state index is 13.0. The van der Waals surface area contributed by atoms with Gasteiger partial charge in [-0.25, -0.2) is 23.5 Å². The number of hydrogen-bond acceptors (Lipinski definition) is 5. The maximum atomic E-state index is 13.0. The Hall–Kier alpha value is -2.95. The smallest absolute Gasteiger partial charge is 0.354 e. The van der Waals surface area contributed by atoms with Crippen molar-refractivity contribution in [3.05, 3.63) is 51.9 Å². The number of carbonyl (C=O) groups is 2. The molecule has 160 valence electrons. The van der Waals surface area contributed by atoms with Crippen LogP contribution in [0.25, 0.3) is 0 Å². The molecule has 3 rings (SSSR count). The van der Waals surface area contributed by atoms with Crippen LogP contribution in [0, 0.1) is 0 Å². The maximum Gasteiger partial charge on any atom is 0.354 e. The van der Waals surface area contributed by atoms with Crippen molar-refractivity contribution in [2.75, 3.05) is 6.61 Å². The molecule has 0 aliphatic carbocycles. The first-order chi connectivity index (χ1) is 14.0. The Balaban J connectivity index is 1.79. The molecule has 1 aliphatic heterocycles. The summed E-state index contributed by atoms with van der Waals surface area (Å²) in [6.07, 6.45) is -1.46. The Kier molecular flexibility index (Phi) is 5.84. The van der Waals surface area contributed by atoms with Crippen molar-refractivity contribution in [1.82, 2.24) is 14.9 Å². The van der Waals surface area contributed by atoms with E-state index in [-0.39, 0.29) is 28.4 Å². The summed E-state index contributed by atoms with van der Waals surface area (Å²) in [5.41, 5.74) is 0.659. The Morgan fingerprint density at radius 3 is 2.70 bits per heavy atom. The molecule has 1 atom stereocenters. The van der Waals surface area contributed by atoms with Crippen LogP contribution >= 0.6 is 11.6 Å². The number of nitrogens with zero attached hydrogens (tertiary/aromatic N) is 3. The van der Waals surface area contributed by atoms with Crippen molar-refractivity contribution < 1.29 is 37.0 Å². The quantitative estimate of drug-likeness (QED) is 0.649. The van der Waals surface area contributed by atoms with Gasteiger partial charge in [0.25, 0.3) is 5.91 Å². The number of carboxylic acids is 1. The zero-order valence-corrected chi connectivity index (χ0v) is 16.0. The number of aromatic carboxylic acids is 1. The van der Waals surface area contributed by atoms with Crippen molar-refractivity contribution in [3.8, 4) is 5.88 Å². The number of ether oxygens (including phenoxy) is 1. The largest absolute Gasteiger partial charge is 0.477 e. The molecule has 3 heterocycles. The molecule has 1 amide bonds. The molecule has 1 unspecified atom stereocenters. The second kappa shape index (κ2) is 8.05. The summed E-state index contributed by atoms with van der Waals surface area (Å²) in [5, 5.41) is 9.05. The average Bonchev–Trinajstić information content (AvgIpc) is 3.03. The van der Waals surface area contributed by atoms with Crippen LogP contribution in [-0.4, -0.2) is 50.8 Å². The van der Waals surface area contributed by atoms with E-state index in [9.17, 15) is 32.3 Å². The summed E-state index contributed by atoms with van der Waals surface area (Å²) in [6, 6.07) is 2.11. The van der Waals surface area contributed by atoms with Gasteiger partial charge in [-0.1, -0.05) is 11.6 Å². The highest BCUT2D eigenvalue weighted by Gasteiger charge is 2.42. The molecular formula is C18H14ClF4N3O4. The first kappa shape index (κ1) is 21.8. The number of fused-ring (bicyclic) bond motifs is 1. The molecule has 7 nitrogen and oxygen atoms in total. The minimum absolute atomic E-state index is 0.0126. The lowest BCUT2D eigenvalue weighted by Gasteiger charge is -2.25. The SMILES string of the molecule is CC(c1cnc(OCC(F)(F)C(F)F)c(Cl)c1)N1Cc2c(ccnc2C(=O)O)C1=O. The van der Waals surface area contributed by atoms with Crippen LogP contribution in [-0.2, 0) is 6.54 Å². The lowest BCUT2D eigenvalue weighted by molar-refractivity contribution is -0.148. The molecule has 0 saturated heterocycles. The fourth-order valence-corrected chi connectivity index (χ4v) is 3.16. The molecule has 1 aliphatic rings. The van der Waals surface area contributed by atoms with E-state index in [1.165, 1.54) is 29.4 Å². The van der Waals surface area contributed by atoms with Crippen LogP contribution in [0.5, 0.6) is 5.88 Å². The minimum Gasteiger partial charge on any atom is -0.477 e. The van der Waals surface area contributed by atoms with Crippen LogP contribution < -0.4 is 4.74 Å². The van der Waals surface area contributed by atoms with E-state index in [4.69, 9.17) is 11.6 Å². The van der Waals surface area contributed by atoms with E-state index >= 15 is 0 Å². The average molecular weight is 448 g/mol. The number of carboxylic acid groups (broad SMARTS) is 1. The number of rotatable bonds is 7. The third-order valence-corrected chi connectivity index (χ3v) is 4.85. The molecule has 2 aromatic heterocycles. The number of alkyl halides is 4. The molecule has 2 aromatic rings. The van der Waals surface area contributed by atoms with Gasteiger partial charge in [-0.15, -0.1) is 0 Å². The van der Waals surface area contributed by atoms with Crippen molar-refractivity contribution >= 4 is 23.5 Å². The first-order valence-corrected chi connectivity index (χ1v) is 8.87. The molecular weight excluding hydrogens is 434 g/mol. The minimum atomic E-state index is -4.36. The summed E-state index contributed by atoms with van der Waals surface area (Å²) < 4.78 is 55.1. The van der Waals surface area contributed by atoms with Gasteiger partial charge in [0, 0.05) is 30.1 Å². The van der Waals surface area contributed by atoms with Crippen molar-refractivity contribution in [3.63, 3.8) is 0 Å². The normalized spacial score (nSPS) is 14.8. The van der Waals surface area contributed by atoms with Gasteiger partial charge in [-0.3, -0.25) is 4.79 Å². The summed E-state index contributed by atoms with van der Waals surface area (Å²) in [7, 11) is 0. The lowest BCUT2D eigenvalue weighted by atomic mass is 10.1. The third-order valence-electron chi connectivity index (χ3n) is 4.58. The first-order valence-electron chi connectivity index (χ1n) is 8.49. The highest BCUT2D eigenvalue weighted by molar-refractivity contribution is 6.31. The standard InChI is InChI=1S/C18H14ClF4N3O4/c1-8(26-6-11-10(15(26)27)2-3-24-13(11)16(28)29)9-4-12(19)14(25-5-9)30-7-18(22,23)17(20)21/h2-5,8,17H,6-7H2,1H3,(H,28,29). The van der Waals surface area contributed by atoms with Crippen molar-refractivity contribution in [2.45, 2.75) is 31.9 Å². The van der Waals surface area contributed by atoms with E-state index in [0.29, 0.717) is 5.56 Å². The van der Waals surface area contributed by atoms with E-state index < -0.39 is 42.8 Å². The molecule has 0 saturated carbocycles. The van der Waals surface area contributed by atoms with Gasteiger partial charge in [0.2, 0.25) is 5.88 Å². The number of amides is 1. The van der Waals surface area contributed by atoms with Gasteiger partial charge in [-0.2, -0.15) is 8.78 Å². The topological polar surface area (TPSA) is 92.6 Å². The van der Waals surface area contributed by atoms with Crippen LogP contribution in [0.3, 0.4) is 0 Å². The molecule has 30 heavy (non-hydrogen) atoms. The molecule has 0 fully saturated rings. The number of pyridine rings is 2. The molecule has 0 radical (unpaired) electrons. The Bertz CT molecular complexity index is 1010. The molecule has 1 N–H and O–H groups in total. The van der Waals surface area contributed by atoms with Crippen LogP contribution in [0.15, 0.2) is 24.5 Å². The summed E-state index contributed by atoms with van der Waals surface area (Å²) in [4.78, 5) is 33.0. The number of halogens is 5. The Morgan fingerprint density at radius 1 is 1.40 bits per heavy atom. The number of hydrogen-bond donors (Lipinski definition) is 1. The van der Waals surface area contributed by atoms with E-state index in [0.717, 1.165) is 0 Å². The number of aromatic nitrogens is 2. The third kappa shape index (κ3) is 4.02. The lowest BCUT2D eigenvalue weighted by Crippen LogP contribution is -2.34. The second-order valence-electron chi connectivity index (χ2n) is 6.51. The Labute approximate surface area is 172 Å². The number of carbonyl (C=O) groups excluding carboxylic acids is 1. The fourth-order valence-electron chi connectivity index (χ4n) is 2.93. The second-order valence-corrected chi connectivity index (χ2v) is 6.91. The van der Waals surface area contributed by atoms with Crippen molar-refractivity contribution in [1.29, 1.82) is 0 Å². The monoisotopic (exact) mass is 447 g/mol. The van der Waals surface area contributed by atoms with Gasteiger partial charge >= 0.3 is 18.3 Å². The van der Waals surface area contributed by atoms with Gasteiger partial charge < -0.3 is 14.7 Å². The van der Waals surface area contributed by atoms with Gasteiger partial charge in [0.1, 0.15) is 5.02 Å². The molecule has 0 bridgehead atoms. The highest BCUT2D eigenvalue weighted by Crippen LogP contribution is 2.34. The predicted octanol–water partition coefficient (Wildman–Crippen LogP) is 3.82. The summed E-state index contributed by atoms with van der Waals surface area (Å²) in [5.74, 6) is -6.50. The van der Waals surface area contributed by atoms with Crippen LogP contribution in [0.4, 0.5) is 17.6 Å². The molecule has 0 spiro atoms. The molecule has 12 heteroatoms. The van der Waals surface area contributed by atoms with Crippen LogP contribution in [0.2, 0.25) is 5.02 Å². The van der Waals surface area contributed by atoms with E-state index in [1.54, 1.807) is 6.92 Å². The van der Waals surface area contributed by atoms with Crippen molar-refractivity contribution in [2.24, 2.45) is 0 Å². The predicted molar refractivity (Wildman–Crippen MR) is 95.2 cm³/mol. The fraction of sp³-hybridized carbons (Fsp3) is 0.333. The molecule has 0 aromatic carbocycles. The van der Waals surface area contributed by atoms with Gasteiger partial charge in [0.05, 0.1) is 6.04 Å². The summed E-state index contributed by atoms with van der Waals surface area (Å²) >= 11 is 5.97. The van der Waals surface area contributed by atoms with E-state index in [1.807, 2.05) is 0 Å². The highest BCUT2D eigenvalue weighted by atomic mass is 35.5. The van der Waals surface area contributed by atoms with E-state index in [2.05, 4.69) is 14.7 Å². The Morgan fingerprint density at radius 2 is 2.10 bits per heavy atom. The van der Waals surface area contributed by atoms with Gasteiger partial charge in [0.15, 0.2) is 12.3 Å².